The van der Waals surface area contributed by atoms with Gasteiger partial charge in [-0.15, -0.1) is 21.5 Å². The van der Waals surface area contributed by atoms with Crippen LogP contribution in [0.1, 0.15) is 45.7 Å². The number of fused-ring (bicyclic) bond motifs is 3. The van der Waals surface area contributed by atoms with Gasteiger partial charge in [0, 0.05) is 21.7 Å². The first-order chi connectivity index (χ1) is 16.9. The van der Waals surface area contributed by atoms with E-state index in [9.17, 15) is 9.18 Å². The van der Waals surface area contributed by atoms with Crippen molar-refractivity contribution >= 4 is 34.5 Å². The predicted molar refractivity (Wildman–Crippen MR) is 132 cm³/mol. The van der Waals surface area contributed by atoms with Crippen molar-refractivity contribution < 1.29 is 13.9 Å². The fourth-order valence-electron chi connectivity index (χ4n) is 4.08. The monoisotopic (exact) mass is 490 g/mol. The Hall–Kier alpha value is -3.92. The van der Waals surface area contributed by atoms with Crippen LogP contribution in [0.25, 0.3) is 5.00 Å². The van der Waals surface area contributed by atoms with Crippen LogP contribution < -0.4 is 5.32 Å². The highest BCUT2D eigenvalue weighted by molar-refractivity contribution is 7.15. The Kier molecular flexibility index (Phi) is 5.89. The van der Waals surface area contributed by atoms with Gasteiger partial charge in [-0.05, 0) is 50.6 Å². The molecule has 8 nitrogen and oxygen atoms in total. The Morgan fingerprint density at radius 1 is 1.14 bits per heavy atom. The molecule has 0 bridgehead atoms. The minimum absolute atomic E-state index is 0.0565. The second-order valence-electron chi connectivity index (χ2n) is 8.24. The average Bonchev–Trinajstić information content (AvgIpc) is 3.33. The molecule has 178 valence electrons. The van der Waals surface area contributed by atoms with Crippen molar-refractivity contribution in [3.63, 3.8) is 0 Å². The molecular weight excluding hydrogens is 467 g/mol. The largest absolute Gasteiger partial charge is 0.469 e. The second kappa shape index (κ2) is 9.03. The standard InChI is InChI=1S/C25H23FN6O2S/c1-13-14(2)35-25-22(13)23(29-19(11-21(33)34-4)24-31-30-15(3)32(24)25)16-5-8-18(9-6-16)28-20-10-7-17(26)12-27-20/h5-10,12,19H,11H2,1-4H3,(H,27,28)/t19-/m0/s1. The Bertz CT molecular complexity index is 1440. The summed E-state index contributed by atoms with van der Waals surface area (Å²) in [5.41, 5.74) is 4.62. The molecule has 35 heavy (non-hydrogen) atoms. The molecule has 1 atom stereocenters. The van der Waals surface area contributed by atoms with E-state index >= 15 is 0 Å². The number of pyridine rings is 1. The van der Waals surface area contributed by atoms with E-state index < -0.39 is 6.04 Å². The van der Waals surface area contributed by atoms with Crippen LogP contribution in [-0.2, 0) is 9.53 Å². The van der Waals surface area contributed by atoms with Crippen molar-refractivity contribution in [3.8, 4) is 5.00 Å². The zero-order valence-corrected chi connectivity index (χ0v) is 20.5. The summed E-state index contributed by atoms with van der Waals surface area (Å²) in [6.45, 7) is 6.06. The van der Waals surface area contributed by atoms with E-state index in [4.69, 9.17) is 9.73 Å². The van der Waals surface area contributed by atoms with Gasteiger partial charge in [-0.2, -0.15) is 0 Å². The number of carbonyl (C=O) groups is 1. The summed E-state index contributed by atoms with van der Waals surface area (Å²) >= 11 is 1.66. The molecule has 0 amide bonds. The molecule has 4 heterocycles. The van der Waals surface area contributed by atoms with Crippen molar-refractivity contribution in [3.05, 3.63) is 81.6 Å². The van der Waals surface area contributed by atoms with E-state index in [2.05, 4.69) is 34.3 Å². The first-order valence-corrected chi connectivity index (χ1v) is 11.8. The predicted octanol–water partition coefficient (Wildman–Crippen LogP) is 4.99. The number of thiophene rings is 1. The maximum atomic E-state index is 13.2. The molecule has 10 heteroatoms. The highest BCUT2D eigenvalue weighted by Crippen LogP contribution is 2.39. The van der Waals surface area contributed by atoms with E-state index in [1.807, 2.05) is 35.8 Å². The van der Waals surface area contributed by atoms with Gasteiger partial charge in [0.05, 0.1) is 25.4 Å². The van der Waals surface area contributed by atoms with Crippen LogP contribution in [0.15, 0.2) is 47.6 Å². The Morgan fingerprint density at radius 2 is 1.91 bits per heavy atom. The van der Waals surface area contributed by atoms with Gasteiger partial charge in [0.1, 0.15) is 28.5 Å². The summed E-state index contributed by atoms with van der Waals surface area (Å²) in [5.74, 6) is 1.14. The van der Waals surface area contributed by atoms with Gasteiger partial charge >= 0.3 is 5.97 Å². The number of halogens is 1. The van der Waals surface area contributed by atoms with Crippen LogP contribution in [0, 0.1) is 26.6 Å². The number of nitrogens with zero attached hydrogens (tertiary/aromatic N) is 5. The molecule has 1 aliphatic rings. The van der Waals surface area contributed by atoms with E-state index in [1.165, 1.54) is 24.3 Å². The average molecular weight is 491 g/mol. The molecule has 1 N–H and O–H groups in total. The normalized spacial score (nSPS) is 14.5. The lowest BCUT2D eigenvalue weighted by atomic mass is 9.99. The molecule has 0 saturated carbocycles. The Morgan fingerprint density at radius 3 is 2.60 bits per heavy atom. The number of benzene rings is 1. The molecule has 1 aromatic carbocycles. The molecule has 5 rings (SSSR count). The number of rotatable bonds is 5. The Balaban J connectivity index is 1.60. The number of anilines is 2. The van der Waals surface area contributed by atoms with E-state index in [-0.39, 0.29) is 18.2 Å². The highest BCUT2D eigenvalue weighted by Gasteiger charge is 2.32. The van der Waals surface area contributed by atoms with Crippen molar-refractivity contribution in [1.82, 2.24) is 19.7 Å². The molecule has 0 fully saturated rings. The van der Waals surface area contributed by atoms with Gasteiger partial charge in [-0.25, -0.2) is 9.37 Å². The third-order valence-corrected chi connectivity index (χ3v) is 7.18. The number of nitrogens with one attached hydrogen (secondary N) is 1. The summed E-state index contributed by atoms with van der Waals surface area (Å²) in [5, 5.41) is 12.8. The van der Waals surface area contributed by atoms with Gasteiger partial charge in [0.25, 0.3) is 0 Å². The highest BCUT2D eigenvalue weighted by atomic mass is 32.1. The third kappa shape index (κ3) is 4.21. The number of aromatic nitrogens is 4. The van der Waals surface area contributed by atoms with Gasteiger partial charge in [0.2, 0.25) is 0 Å². The smallest absolute Gasteiger partial charge is 0.308 e. The topological polar surface area (TPSA) is 94.3 Å². The zero-order chi connectivity index (χ0) is 24.7. The van der Waals surface area contributed by atoms with Crippen LogP contribution in [0.2, 0.25) is 0 Å². The van der Waals surface area contributed by atoms with E-state index in [0.29, 0.717) is 11.6 Å². The van der Waals surface area contributed by atoms with Crippen molar-refractivity contribution in [2.75, 3.05) is 12.4 Å². The zero-order valence-electron chi connectivity index (χ0n) is 19.7. The number of carbonyl (C=O) groups excluding carboxylic acids is 1. The van der Waals surface area contributed by atoms with Crippen molar-refractivity contribution in [2.24, 2.45) is 4.99 Å². The summed E-state index contributed by atoms with van der Waals surface area (Å²) in [6.07, 6.45) is 1.23. The number of hydrogen-bond acceptors (Lipinski definition) is 8. The quantitative estimate of drug-likeness (QED) is 0.396. The first kappa shape index (κ1) is 22.9. The lowest BCUT2D eigenvalue weighted by Gasteiger charge is -2.12. The summed E-state index contributed by atoms with van der Waals surface area (Å²) < 4.78 is 20.1. The van der Waals surface area contributed by atoms with Crippen molar-refractivity contribution in [1.29, 1.82) is 0 Å². The van der Waals surface area contributed by atoms with E-state index in [1.54, 1.807) is 17.4 Å². The SMILES string of the molecule is COC(=O)C[C@@H]1N=C(c2ccc(Nc3ccc(F)cn3)cc2)c2c(sc(C)c2C)-n2c(C)nnc21. The van der Waals surface area contributed by atoms with E-state index in [0.717, 1.165) is 38.9 Å². The van der Waals surface area contributed by atoms with Crippen LogP contribution >= 0.6 is 11.3 Å². The van der Waals surface area contributed by atoms with Gasteiger partial charge < -0.3 is 10.1 Å². The maximum absolute atomic E-state index is 13.2. The number of aryl methyl sites for hydroxylation is 2. The molecule has 3 aromatic heterocycles. The molecule has 1 aliphatic heterocycles. The fourth-order valence-corrected chi connectivity index (χ4v) is 5.29. The van der Waals surface area contributed by atoms with Crippen LogP contribution in [0.5, 0.6) is 0 Å². The molecular formula is C25H23FN6O2S. The van der Waals surface area contributed by atoms with Crippen LogP contribution in [0.4, 0.5) is 15.9 Å². The van der Waals surface area contributed by atoms with Crippen LogP contribution in [-0.4, -0.2) is 38.5 Å². The van der Waals surface area contributed by atoms with Gasteiger partial charge in [-0.1, -0.05) is 12.1 Å². The summed E-state index contributed by atoms with van der Waals surface area (Å²) in [7, 11) is 1.37. The number of methoxy groups -OCH3 is 1. The number of ether oxygens (including phenoxy) is 1. The minimum atomic E-state index is -0.542. The fraction of sp³-hybridized carbons (Fsp3) is 0.240. The Labute approximate surface area is 205 Å². The lowest BCUT2D eigenvalue weighted by molar-refractivity contribution is -0.141. The first-order valence-electron chi connectivity index (χ1n) is 11.0. The molecule has 0 radical (unpaired) electrons. The molecule has 0 unspecified atom stereocenters. The second-order valence-corrected chi connectivity index (χ2v) is 9.45. The van der Waals surface area contributed by atoms with Crippen LogP contribution in [0.3, 0.4) is 0 Å². The molecule has 0 aliphatic carbocycles. The molecule has 0 spiro atoms. The molecule has 0 saturated heterocycles. The lowest BCUT2D eigenvalue weighted by Crippen LogP contribution is -2.12. The van der Waals surface area contributed by atoms with Gasteiger partial charge in [-0.3, -0.25) is 14.4 Å². The molecule has 4 aromatic rings. The summed E-state index contributed by atoms with van der Waals surface area (Å²) in [6, 6.07) is 10.2. The van der Waals surface area contributed by atoms with Crippen molar-refractivity contribution in [2.45, 2.75) is 33.2 Å². The number of esters is 1. The van der Waals surface area contributed by atoms with Gasteiger partial charge in [0.15, 0.2) is 5.82 Å². The minimum Gasteiger partial charge on any atom is -0.469 e. The number of hydrogen-bond donors (Lipinski definition) is 1. The number of aliphatic imine (C=N–C) groups is 1. The third-order valence-electron chi connectivity index (χ3n) is 5.99. The maximum Gasteiger partial charge on any atom is 0.308 e. The summed E-state index contributed by atoms with van der Waals surface area (Å²) in [4.78, 5) is 22.5.